The normalized spacial score (nSPS) is 29.4. The number of ether oxygens (including phenoxy) is 1. The Hall–Kier alpha value is -1.07. The Morgan fingerprint density at radius 3 is 2.73 bits per heavy atom. The third-order valence-corrected chi connectivity index (χ3v) is 4.58. The van der Waals surface area contributed by atoms with Crippen LogP contribution in [0.25, 0.3) is 0 Å². The van der Waals surface area contributed by atoms with Crippen LogP contribution in [0.3, 0.4) is 0 Å². The zero-order valence-corrected chi connectivity index (χ0v) is 15.2. The molecule has 0 bridgehead atoms. The fraction of sp³-hybridized carbons (Fsp3) is 0.615. The molecule has 0 aliphatic carbocycles. The van der Waals surface area contributed by atoms with E-state index in [1.807, 2.05) is 5.32 Å². The Labute approximate surface area is 160 Å². The maximum atomic E-state index is 13.5. The molecule has 144 valence electrons. The minimum absolute atomic E-state index is 0.00860. The molecule has 3 N–H and O–H groups in total. The van der Waals surface area contributed by atoms with Crippen molar-refractivity contribution >= 4 is 46.7 Å². The molecule has 0 spiro atoms. The molecule has 1 aromatic rings. The molecular weight excluding hydrogens is 422 g/mol. The molecule has 0 amide bonds. The van der Waals surface area contributed by atoms with Gasteiger partial charge in [-0.25, -0.2) is 15.0 Å². The molecule has 0 radical (unpaired) electrons. The van der Waals surface area contributed by atoms with Crippen LogP contribution in [-0.4, -0.2) is 45.8 Å². The average Bonchev–Trinajstić information content (AvgIpc) is 2.53. The summed E-state index contributed by atoms with van der Waals surface area (Å²) < 4.78 is 43.9. The summed E-state index contributed by atoms with van der Waals surface area (Å²) in [5.74, 6) is -1.86. The highest BCUT2D eigenvalue weighted by molar-refractivity contribution is 6.66. The molecule has 1 saturated heterocycles. The number of anilines is 1. The second-order valence-corrected chi connectivity index (χ2v) is 8.05. The predicted octanol–water partition coefficient (Wildman–Crippen LogP) is 2.68. The highest BCUT2D eigenvalue weighted by Gasteiger charge is 2.63. The minimum atomic E-state index is -4.96. The number of hydrogen-bond acceptors (Lipinski definition) is 7. The summed E-state index contributed by atoms with van der Waals surface area (Å²) in [7, 11) is 0. The van der Waals surface area contributed by atoms with Gasteiger partial charge in [-0.05, 0) is 18.9 Å². The summed E-state index contributed by atoms with van der Waals surface area (Å²) in [4.78, 5) is 11.8. The molecule has 3 atom stereocenters. The van der Waals surface area contributed by atoms with Crippen LogP contribution < -0.4 is 10.6 Å². The largest absolute Gasteiger partial charge is 0.436 e. The van der Waals surface area contributed by atoms with E-state index in [-0.39, 0.29) is 24.7 Å². The summed E-state index contributed by atoms with van der Waals surface area (Å²) in [5.41, 5.74) is -3.20. The quantitative estimate of drug-likeness (QED) is 0.589. The van der Waals surface area contributed by atoms with Crippen molar-refractivity contribution in [2.24, 2.45) is 10.9 Å². The number of halogens is 6. The standard InChI is InChI=1S/C13H13Cl3F3N5O2/c14-12(15,16)7-3-4-20-9(21-7)23-10-22-8-6(2-1-5-26-8)11(25,24-10)13(17,18)19/h3-4,6,8,25H,1-2,5H2,(H2,20,21,22,23,24). The zero-order valence-electron chi connectivity index (χ0n) is 12.9. The third kappa shape index (κ3) is 3.79. The van der Waals surface area contributed by atoms with Crippen molar-refractivity contribution in [3.05, 3.63) is 18.0 Å². The molecule has 1 fully saturated rings. The first-order valence-electron chi connectivity index (χ1n) is 7.44. The molecule has 3 heterocycles. The number of alkyl halides is 6. The number of aromatic nitrogens is 2. The zero-order chi connectivity index (χ0) is 19.2. The lowest BCUT2D eigenvalue weighted by molar-refractivity contribution is -0.305. The number of rotatable bonds is 1. The lowest BCUT2D eigenvalue weighted by atomic mass is 9.86. The van der Waals surface area contributed by atoms with Crippen LogP contribution in [0, 0.1) is 5.92 Å². The van der Waals surface area contributed by atoms with Crippen molar-refractivity contribution in [3.63, 3.8) is 0 Å². The predicted molar refractivity (Wildman–Crippen MR) is 88.9 cm³/mol. The molecule has 3 unspecified atom stereocenters. The van der Waals surface area contributed by atoms with Gasteiger partial charge in [-0.2, -0.15) is 13.2 Å². The van der Waals surface area contributed by atoms with Crippen LogP contribution in [0.4, 0.5) is 19.1 Å². The fourth-order valence-corrected chi connectivity index (χ4v) is 3.08. The van der Waals surface area contributed by atoms with Gasteiger partial charge >= 0.3 is 6.18 Å². The second kappa shape index (κ2) is 6.83. The van der Waals surface area contributed by atoms with Crippen molar-refractivity contribution < 1.29 is 23.0 Å². The number of fused-ring (bicyclic) bond motifs is 1. The van der Waals surface area contributed by atoms with E-state index in [9.17, 15) is 18.3 Å². The number of aliphatic imine (C=N–C) groups is 1. The van der Waals surface area contributed by atoms with Gasteiger partial charge in [-0.15, -0.1) is 0 Å². The van der Waals surface area contributed by atoms with E-state index < -0.39 is 33.8 Å². The molecule has 2 aliphatic rings. The number of aliphatic hydroxyl groups is 1. The van der Waals surface area contributed by atoms with Crippen molar-refractivity contribution in [1.82, 2.24) is 15.3 Å². The Morgan fingerprint density at radius 2 is 2.08 bits per heavy atom. The van der Waals surface area contributed by atoms with E-state index >= 15 is 0 Å². The summed E-state index contributed by atoms with van der Waals surface area (Å²) in [5, 5.41) is 14.7. The molecule has 0 aromatic carbocycles. The van der Waals surface area contributed by atoms with E-state index in [4.69, 9.17) is 39.5 Å². The average molecular weight is 435 g/mol. The Morgan fingerprint density at radius 1 is 1.35 bits per heavy atom. The molecule has 13 heteroatoms. The summed E-state index contributed by atoms with van der Waals surface area (Å²) in [6, 6.07) is 1.33. The van der Waals surface area contributed by atoms with Crippen LogP contribution in [-0.2, 0) is 8.53 Å². The SMILES string of the molecule is OC1(C(F)(F)F)NC(Nc2nccc(C(Cl)(Cl)Cl)n2)=NC2OCCCC21. The fourth-order valence-electron chi connectivity index (χ4n) is 2.77. The van der Waals surface area contributed by atoms with Gasteiger partial charge in [0.2, 0.25) is 21.4 Å². The van der Waals surface area contributed by atoms with E-state index in [1.165, 1.54) is 12.3 Å². The van der Waals surface area contributed by atoms with Crippen LogP contribution in [0.15, 0.2) is 17.3 Å². The van der Waals surface area contributed by atoms with Crippen molar-refractivity contribution in [2.45, 2.75) is 34.8 Å². The maximum Gasteiger partial charge on any atom is 0.436 e. The van der Waals surface area contributed by atoms with E-state index in [0.29, 0.717) is 6.42 Å². The topological polar surface area (TPSA) is 91.7 Å². The molecule has 2 aliphatic heterocycles. The maximum absolute atomic E-state index is 13.5. The molecule has 0 saturated carbocycles. The van der Waals surface area contributed by atoms with Gasteiger partial charge in [0.25, 0.3) is 0 Å². The second-order valence-electron chi connectivity index (χ2n) is 5.77. The van der Waals surface area contributed by atoms with Gasteiger partial charge in [0, 0.05) is 12.8 Å². The number of hydrogen-bond donors (Lipinski definition) is 3. The summed E-state index contributed by atoms with van der Waals surface area (Å²) >= 11 is 17.2. The third-order valence-electron chi connectivity index (χ3n) is 4.00. The van der Waals surface area contributed by atoms with Crippen LogP contribution in [0.1, 0.15) is 18.5 Å². The number of guanidine groups is 1. The van der Waals surface area contributed by atoms with E-state index in [2.05, 4.69) is 20.3 Å². The monoisotopic (exact) mass is 433 g/mol. The first-order chi connectivity index (χ1) is 12.0. The first kappa shape index (κ1) is 19.7. The van der Waals surface area contributed by atoms with Gasteiger partial charge in [0.1, 0.15) is 0 Å². The van der Waals surface area contributed by atoms with Gasteiger partial charge in [0.05, 0.1) is 11.6 Å². The van der Waals surface area contributed by atoms with Gasteiger partial charge in [0.15, 0.2) is 6.23 Å². The van der Waals surface area contributed by atoms with Crippen molar-refractivity contribution in [3.8, 4) is 0 Å². The highest BCUT2D eigenvalue weighted by Crippen LogP contribution is 2.42. The summed E-state index contributed by atoms with van der Waals surface area (Å²) in [6.45, 7) is 0.241. The summed E-state index contributed by atoms with van der Waals surface area (Å²) in [6.07, 6.45) is -4.39. The Bertz CT molecular complexity index is 715. The van der Waals surface area contributed by atoms with Gasteiger partial charge in [-0.1, -0.05) is 34.8 Å². The number of nitrogens with zero attached hydrogens (tertiary/aromatic N) is 3. The Kier molecular flexibility index (Phi) is 5.17. The lowest BCUT2D eigenvalue weighted by Gasteiger charge is -2.45. The van der Waals surface area contributed by atoms with E-state index in [0.717, 1.165) is 0 Å². The molecule has 1 aromatic heterocycles. The van der Waals surface area contributed by atoms with Crippen LogP contribution in [0.2, 0.25) is 0 Å². The van der Waals surface area contributed by atoms with Crippen molar-refractivity contribution in [2.75, 3.05) is 11.9 Å². The smallest absolute Gasteiger partial charge is 0.363 e. The first-order valence-corrected chi connectivity index (χ1v) is 8.58. The van der Waals surface area contributed by atoms with Crippen LogP contribution in [0.5, 0.6) is 0 Å². The number of nitrogens with one attached hydrogen (secondary N) is 2. The van der Waals surface area contributed by atoms with Gasteiger partial charge < -0.3 is 15.2 Å². The van der Waals surface area contributed by atoms with E-state index in [1.54, 1.807) is 0 Å². The minimum Gasteiger partial charge on any atom is -0.363 e. The van der Waals surface area contributed by atoms with Gasteiger partial charge in [-0.3, -0.25) is 5.32 Å². The van der Waals surface area contributed by atoms with Crippen molar-refractivity contribution in [1.29, 1.82) is 0 Å². The van der Waals surface area contributed by atoms with Crippen LogP contribution >= 0.6 is 34.8 Å². The molecular formula is C13H13Cl3F3N5O2. The Balaban J connectivity index is 1.90. The highest BCUT2D eigenvalue weighted by atomic mass is 35.6. The molecule has 26 heavy (non-hydrogen) atoms. The molecule has 3 rings (SSSR count). The lowest BCUT2D eigenvalue weighted by Crippen LogP contribution is -2.70. The molecule has 7 nitrogen and oxygen atoms in total.